The Labute approximate surface area is 733 Å². The van der Waals surface area contributed by atoms with Crippen molar-refractivity contribution in [3.63, 3.8) is 0 Å². The Bertz CT molecular complexity index is 7720. The first-order valence-electron chi connectivity index (χ1n) is 43.3. The van der Waals surface area contributed by atoms with E-state index in [2.05, 4.69) is 507 Å². The molecule has 0 saturated heterocycles. The van der Waals surface area contributed by atoms with Crippen LogP contribution in [0.5, 0.6) is 0 Å². The van der Waals surface area contributed by atoms with Gasteiger partial charge in [-0.15, -0.1) is 0 Å². The van der Waals surface area contributed by atoms with Gasteiger partial charge in [0.05, 0.1) is 22.2 Å². The summed E-state index contributed by atoms with van der Waals surface area (Å²) in [5, 5.41) is 4.42. The highest BCUT2D eigenvalue weighted by Gasteiger charge is 2.48. The topological polar surface area (TPSA) is 32.8 Å². The van der Waals surface area contributed by atoms with Crippen molar-refractivity contribution in [2.24, 2.45) is 0 Å². The molecular formula is C122H82N2O2. The molecule has 0 N–H and O–H groups in total. The monoisotopic (exact) mass is 1610 g/mol. The van der Waals surface area contributed by atoms with Gasteiger partial charge in [-0.05, 0) is 226 Å². The summed E-state index contributed by atoms with van der Waals surface area (Å²) in [6.07, 6.45) is 0. The minimum absolute atomic E-state index is 0.476. The Morgan fingerprint density at radius 1 is 0.151 bits per heavy atom. The first-order valence-corrected chi connectivity index (χ1v) is 43.3. The molecule has 0 unspecified atom stereocenters. The summed E-state index contributed by atoms with van der Waals surface area (Å²) in [5.74, 6) is 0. The minimum Gasteiger partial charge on any atom is -0.456 e. The molecule has 4 nitrogen and oxygen atoms in total. The Hall–Kier alpha value is -16.4. The van der Waals surface area contributed by atoms with E-state index in [0.29, 0.717) is 0 Å². The quantitative estimate of drug-likeness (QED) is 0.0965. The number of furan rings is 2. The molecule has 0 radical (unpaired) electrons. The molecule has 0 bridgehead atoms. The number of fused-ring (bicyclic) bond motifs is 12. The van der Waals surface area contributed by atoms with E-state index >= 15 is 0 Å². The molecule has 2 aromatic heterocycles. The lowest BCUT2D eigenvalue weighted by atomic mass is 9.67. The first-order chi connectivity index (χ1) is 62.5. The summed E-state index contributed by atoms with van der Waals surface area (Å²) < 4.78 is 13.6. The molecule has 22 aromatic rings. The summed E-state index contributed by atoms with van der Waals surface area (Å²) in [5.41, 5.74) is 38.3. The maximum atomic E-state index is 6.79. The Kier molecular flexibility index (Phi) is 18.7. The number of anilines is 6. The zero-order chi connectivity index (χ0) is 83.5. The van der Waals surface area contributed by atoms with Gasteiger partial charge < -0.3 is 18.6 Å². The summed E-state index contributed by atoms with van der Waals surface area (Å²) in [6.45, 7) is 0. The highest BCUT2D eigenvalue weighted by molar-refractivity contribution is 6.10. The number of hydrogen-bond acceptors (Lipinski definition) is 4. The predicted octanol–water partition coefficient (Wildman–Crippen LogP) is 32.8. The van der Waals surface area contributed by atoms with E-state index in [4.69, 9.17) is 8.83 Å². The van der Waals surface area contributed by atoms with Crippen LogP contribution in [-0.4, -0.2) is 0 Å². The lowest BCUT2D eigenvalue weighted by Gasteiger charge is -2.33. The summed E-state index contributed by atoms with van der Waals surface area (Å²) >= 11 is 0. The van der Waals surface area contributed by atoms with Crippen LogP contribution in [0.2, 0.25) is 0 Å². The first kappa shape index (κ1) is 74.6. The molecule has 0 atom stereocenters. The lowest BCUT2D eigenvalue weighted by Crippen LogP contribution is -2.28. The van der Waals surface area contributed by atoms with Gasteiger partial charge in [0.25, 0.3) is 0 Å². The third-order valence-corrected chi connectivity index (χ3v) is 26.0. The van der Waals surface area contributed by atoms with Crippen molar-refractivity contribution in [1.29, 1.82) is 0 Å². The molecule has 20 aromatic carbocycles. The average molecular weight is 1610 g/mol. The largest absolute Gasteiger partial charge is 0.456 e. The fraction of sp³-hybridized carbons (Fsp3) is 0.0164. The van der Waals surface area contributed by atoms with Crippen LogP contribution in [-0.2, 0) is 10.8 Å². The smallest absolute Gasteiger partial charge is 0.136 e. The predicted molar refractivity (Wildman–Crippen MR) is 524 cm³/mol. The Morgan fingerprint density at radius 2 is 0.429 bits per heavy atom. The van der Waals surface area contributed by atoms with Crippen molar-refractivity contribution in [3.05, 3.63) is 542 Å². The maximum Gasteiger partial charge on any atom is 0.136 e. The fourth-order valence-corrected chi connectivity index (χ4v) is 20.4. The van der Waals surface area contributed by atoms with Crippen LogP contribution in [0.3, 0.4) is 0 Å². The molecule has 126 heavy (non-hydrogen) atoms. The second-order valence-electron chi connectivity index (χ2n) is 32.8. The fourth-order valence-electron chi connectivity index (χ4n) is 20.4. The molecule has 24 rings (SSSR count). The molecule has 0 spiro atoms. The van der Waals surface area contributed by atoms with Gasteiger partial charge in [0.2, 0.25) is 0 Å². The van der Waals surface area contributed by atoms with E-state index in [9.17, 15) is 0 Å². The highest BCUT2D eigenvalue weighted by atomic mass is 16.3. The van der Waals surface area contributed by atoms with Crippen LogP contribution in [0.25, 0.3) is 133 Å². The average Bonchev–Trinajstić information content (AvgIpc) is 1.54. The molecular weight excluding hydrogens is 1530 g/mol. The van der Waals surface area contributed by atoms with E-state index in [0.717, 1.165) is 123 Å². The number of benzene rings is 20. The molecule has 592 valence electrons. The maximum absolute atomic E-state index is 6.79. The van der Waals surface area contributed by atoms with Gasteiger partial charge in [-0.1, -0.05) is 394 Å². The van der Waals surface area contributed by atoms with E-state index in [1.165, 1.54) is 89.0 Å². The molecule has 2 aliphatic carbocycles. The lowest BCUT2D eigenvalue weighted by molar-refractivity contribution is 0.665. The number of rotatable bonds is 16. The van der Waals surface area contributed by atoms with Crippen molar-refractivity contribution >= 4 is 78.0 Å². The molecule has 2 aliphatic rings. The normalized spacial score (nSPS) is 12.6. The van der Waals surface area contributed by atoms with Crippen LogP contribution >= 0.6 is 0 Å². The summed E-state index contributed by atoms with van der Waals surface area (Å²) in [6, 6.07) is 180. The van der Waals surface area contributed by atoms with E-state index in [1.807, 2.05) is 0 Å². The van der Waals surface area contributed by atoms with Gasteiger partial charge in [0.15, 0.2) is 0 Å². The number of para-hydroxylation sites is 4. The van der Waals surface area contributed by atoms with Crippen LogP contribution in [0.15, 0.2) is 506 Å². The van der Waals surface area contributed by atoms with Crippen molar-refractivity contribution in [2.45, 2.75) is 10.8 Å². The van der Waals surface area contributed by atoms with Crippen LogP contribution in [0.1, 0.15) is 44.5 Å². The minimum atomic E-state index is -0.489. The van der Waals surface area contributed by atoms with E-state index < -0.39 is 10.8 Å². The van der Waals surface area contributed by atoms with Crippen molar-refractivity contribution in [2.75, 3.05) is 9.80 Å². The molecule has 4 heteroatoms. The zero-order valence-corrected chi connectivity index (χ0v) is 69.1. The summed E-state index contributed by atoms with van der Waals surface area (Å²) in [4.78, 5) is 4.73. The second kappa shape index (κ2) is 31.6. The molecule has 0 amide bonds. The van der Waals surface area contributed by atoms with E-state index in [-0.39, 0.29) is 0 Å². The van der Waals surface area contributed by atoms with Gasteiger partial charge >= 0.3 is 0 Å². The molecule has 2 heterocycles. The number of hydrogen-bond donors (Lipinski definition) is 0. The van der Waals surface area contributed by atoms with Crippen LogP contribution in [0, 0.1) is 0 Å². The van der Waals surface area contributed by atoms with Crippen LogP contribution in [0.4, 0.5) is 34.1 Å². The third kappa shape index (κ3) is 12.6. The van der Waals surface area contributed by atoms with Gasteiger partial charge in [0.1, 0.15) is 22.3 Å². The Balaban J connectivity index is 0.000000145. The SMILES string of the molecule is c1ccc(-c2ccc(N(c3ccccc3)c3ccccc3-c3ccccc3-c3ccc4c(c3)oc3ccc(C5(c6ccccc6)c6ccccc6-c6ccccc65)cc34)cc2)cc1.c1ccc(-c2ccc(N(c3ccccc3)c3ccccc3-c3ccccc3-c3ccc4oc5cc(C6(c7ccccc7)c7ccccc7-c7ccccc76)ccc5c4c3)cc2)cc1. The third-order valence-electron chi connectivity index (χ3n) is 26.0. The van der Waals surface area contributed by atoms with E-state index in [1.54, 1.807) is 0 Å². The highest BCUT2D eigenvalue weighted by Crippen LogP contribution is 2.59. The summed E-state index contributed by atoms with van der Waals surface area (Å²) in [7, 11) is 0. The standard InChI is InChI=1S/2C61H41NO/c1-4-18-42(19-5-1)43-32-36-48(37-33-43)62(47-22-8-3-9-23-47)58-31-17-14-28-53(58)50-25-11-10-24-49(50)44-34-39-59-55(40-44)54-38-35-46(41-60(54)63-59)61(45-20-6-2-7-21-45)56-29-15-12-26-51(56)52-27-13-16-30-57(52)61;1-4-18-42(19-5-1)43-32-36-48(37-33-43)62(47-22-8-3-9-23-47)58-31-17-14-28-53(58)50-25-11-10-24-49(50)44-34-38-54-55-41-46(35-39-59(55)63-60(54)40-44)61(45-20-6-2-7-21-45)56-29-15-12-26-51(56)52-27-13-16-30-57(52)61/h2*1-41H. The number of nitrogens with zero attached hydrogens (tertiary/aromatic N) is 2. The molecule has 0 saturated carbocycles. The van der Waals surface area contributed by atoms with Gasteiger partial charge in [-0.3, -0.25) is 0 Å². The van der Waals surface area contributed by atoms with Crippen molar-refractivity contribution in [3.8, 4) is 89.0 Å². The Morgan fingerprint density at radius 3 is 0.857 bits per heavy atom. The van der Waals surface area contributed by atoms with Crippen molar-refractivity contribution in [1.82, 2.24) is 0 Å². The van der Waals surface area contributed by atoms with Crippen LogP contribution < -0.4 is 9.80 Å². The van der Waals surface area contributed by atoms with Crippen molar-refractivity contribution < 1.29 is 8.83 Å². The van der Waals surface area contributed by atoms with Gasteiger partial charge in [-0.2, -0.15) is 0 Å². The zero-order valence-electron chi connectivity index (χ0n) is 69.1. The molecule has 0 fully saturated rings. The molecule has 0 aliphatic heterocycles. The second-order valence-corrected chi connectivity index (χ2v) is 32.8. The van der Waals surface area contributed by atoms with Gasteiger partial charge in [0, 0.05) is 55.4 Å². The van der Waals surface area contributed by atoms with Gasteiger partial charge in [-0.25, -0.2) is 0 Å².